The lowest BCUT2D eigenvalue weighted by atomic mass is 10.2. The number of benzene rings is 2. The minimum Gasteiger partial charge on any atom is -0.435 e. The van der Waals surface area contributed by atoms with E-state index in [9.17, 15) is 18.4 Å². The molecule has 0 saturated carbocycles. The molecular formula is C18H15F2N3O3. The number of alkyl halides is 2. The fraction of sp³-hybridized carbons (Fsp3) is 0.111. The average molecular weight is 359 g/mol. The molecule has 0 aliphatic heterocycles. The van der Waals surface area contributed by atoms with Crippen molar-refractivity contribution in [1.29, 1.82) is 0 Å². The van der Waals surface area contributed by atoms with Crippen LogP contribution < -0.4 is 15.6 Å². The lowest BCUT2D eigenvalue weighted by molar-refractivity contribution is -0.0498. The van der Waals surface area contributed by atoms with Gasteiger partial charge in [0.2, 0.25) is 0 Å². The molecule has 0 atom stereocenters. The second kappa shape index (κ2) is 7.22. The van der Waals surface area contributed by atoms with Crippen LogP contribution in [0.3, 0.4) is 0 Å². The lowest BCUT2D eigenvalue weighted by Crippen LogP contribution is -2.41. The van der Waals surface area contributed by atoms with Gasteiger partial charge in [0.05, 0.1) is 5.56 Å². The molecule has 0 spiro atoms. The van der Waals surface area contributed by atoms with Gasteiger partial charge in [-0.1, -0.05) is 18.2 Å². The highest BCUT2D eigenvalue weighted by Crippen LogP contribution is 2.20. The molecule has 0 aliphatic carbocycles. The number of carbonyl (C=O) groups excluding carboxylic acids is 2. The summed E-state index contributed by atoms with van der Waals surface area (Å²) < 4.78 is 30.2. The van der Waals surface area contributed by atoms with Crippen LogP contribution >= 0.6 is 0 Å². The SMILES string of the molecule is Cn1cc(C(=O)NNC(=O)c2ccc(OC(F)F)cc2)c2ccccc21. The van der Waals surface area contributed by atoms with Crippen LogP contribution in [0, 0.1) is 0 Å². The van der Waals surface area contributed by atoms with Gasteiger partial charge in [-0.3, -0.25) is 20.4 Å². The molecule has 2 N–H and O–H groups in total. The highest BCUT2D eigenvalue weighted by molar-refractivity contribution is 6.07. The first-order valence-corrected chi connectivity index (χ1v) is 7.65. The van der Waals surface area contributed by atoms with Gasteiger partial charge >= 0.3 is 6.61 Å². The van der Waals surface area contributed by atoms with Crippen LogP contribution in [-0.2, 0) is 7.05 Å². The van der Waals surface area contributed by atoms with Crippen LogP contribution in [0.4, 0.5) is 8.78 Å². The van der Waals surface area contributed by atoms with Gasteiger partial charge in [-0.2, -0.15) is 8.78 Å². The lowest BCUT2D eigenvalue weighted by Gasteiger charge is -2.08. The van der Waals surface area contributed by atoms with Gasteiger partial charge in [-0.15, -0.1) is 0 Å². The third kappa shape index (κ3) is 3.64. The first-order valence-electron chi connectivity index (χ1n) is 7.65. The van der Waals surface area contributed by atoms with Crippen molar-refractivity contribution in [2.45, 2.75) is 6.61 Å². The quantitative estimate of drug-likeness (QED) is 0.704. The van der Waals surface area contributed by atoms with Gasteiger partial charge in [0, 0.05) is 29.7 Å². The highest BCUT2D eigenvalue weighted by atomic mass is 19.3. The summed E-state index contributed by atoms with van der Waals surface area (Å²) in [5.41, 5.74) is 6.13. The maximum absolute atomic E-state index is 12.3. The van der Waals surface area contributed by atoms with Crippen molar-refractivity contribution in [2.75, 3.05) is 0 Å². The molecule has 26 heavy (non-hydrogen) atoms. The number of hydrazine groups is 1. The fourth-order valence-electron chi connectivity index (χ4n) is 2.56. The topological polar surface area (TPSA) is 72.4 Å². The maximum atomic E-state index is 12.3. The number of rotatable bonds is 4. The predicted molar refractivity (Wildman–Crippen MR) is 90.9 cm³/mol. The van der Waals surface area contributed by atoms with E-state index in [1.807, 2.05) is 35.9 Å². The van der Waals surface area contributed by atoms with Crippen LogP contribution in [0.5, 0.6) is 5.75 Å². The second-order valence-corrected chi connectivity index (χ2v) is 5.48. The van der Waals surface area contributed by atoms with Gasteiger partial charge in [-0.25, -0.2) is 0 Å². The highest BCUT2D eigenvalue weighted by Gasteiger charge is 2.15. The largest absolute Gasteiger partial charge is 0.435 e. The van der Waals surface area contributed by atoms with Gasteiger partial charge in [0.15, 0.2) is 0 Å². The number of fused-ring (bicyclic) bond motifs is 1. The Morgan fingerprint density at radius 1 is 1.00 bits per heavy atom. The number of nitrogens with one attached hydrogen (secondary N) is 2. The molecule has 0 bridgehead atoms. The summed E-state index contributed by atoms with van der Waals surface area (Å²) in [7, 11) is 1.82. The molecule has 0 radical (unpaired) electrons. The summed E-state index contributed by atoms with van der Waals surface area (Å²) in [6, 6.07) is 12.5. The summed E-state index contributed by atoms with van der Waals surface area (Å²) in [6.07, 6.45) is 1.67. The van der Waals surface area contributed by atoms with E-state index >= 15 is 0 Å². The number of hydrogen-bond donors (Lipinski definition) is 2. The summed E-state index contributed by atoms with van der Waals surface area (Å²) in [5, 5.41) is 0.759. The van der Waals surface area contributed by atoms with Gasteiger partial charge < -0.3 is 9.30 Å². The van der Waals surface area contributed by atoms with Crippen molar-refractivity contribution >= 4 is 22.7 Å². The molecule has 134 valence electrons. The number of hydrogen-bond acceptors (Lipinski definition) is 3. The number of carbonyl (C=O) groups is 2. The normalized spacial score (nSPS) is 10.8. The van der Waals surface area contributed by atoms with E-state index in [0.29, 0.717) is 5.56 Å². The molecule has 0 unspecified atom stereocenters. The zero-order chi connectivity index (χ0) is 18.7. The minimum absolute atomic E-state index is 0.0589. The Hall–Kier alpha value is -3.42. The monoisotopic (exact) mass is 359 g/mol. The number of aryl methyl sites for hydroxylation is 1. The zero-order valence-electron chi connectivity index (χ0n) is 13.7. The Bertz CT molecular complexity index is 952. The molecule has 6 nitrogen and oxygen atoms in total. The van der Waals surface area contributed by atoms with Gasteiger partial charge in [-0.05, 0) is 30.3 Å². The number of aromatic nitrogens is 1. The van der Waals surface area contributed by atoms with Crippen LogP contribution in [0.25, 0.3) is 10.9 Å². The van der Waals surface area contributed by atoms with Crippen LogP contribution in [-0.4, -0.2) is 23.0 Å². The summed E-state index contributed by atoms with van der Waals surface area (Å²) in [6.45, 7) is -2.94. The van der Waals surface area contributed by atoms with Crippen LogP contribution in [0.1, 0.15) is 20.7 Å². The van der Waals surface area contributed by atoms with Crippen LogP contribution in [0.15, 0.2) is 54.7 Å². The number of nitrogens with zero attached hydrogens (tertiary/aromatic N) is 1. The van der Waals surface area contributed by atoms with Crippen molar-refractivity contribution < 1.29 is 23.1 Å². The van der Waals surface area contributed by atoms with Crippen molar-refractivity contribution in [3.8, 4) is 5.75 Å². The van der Waals surface area contributed by atoms with Gasteiger partial charge in [0.25, 0.3) is 11.8 Å². The molecule has 3 aromatic rings. The molecule has 1 aromatic heterocycles. The van der Waals surface area contributed by atoms with E-state index in [2.05, 4.69) is 15.6 Å². The number of halogens is 2. The summed E-state index contributed by atoms with van der Waals surface area (Å²) in [5.74, 6) is -1.11. The molecule has 2 aromatic carbocycles. The first-order chi connectivity index (χ1) is 12.5. The molecule has 1 heterocycles. The number of ether oxygens (including phenoxy) is 1. The number of para-hydroxylation sites is 1. The van der Waals surface area contributed by atoms with E-state index in [0.717, 1.165) is 10.9 Å². The maximum Gasteiger partial charge on any atom is 0.387 e. The van der Waals surface area contributed by atoms with E-state index in [-0.39, 0.29) is 11.3 Å². The van der Waals surface area contributed by atoms with E-state index in [4.69, 9.17) is 0 Å². The van der Waals surface area contributed by atoms with Crippen molar-refractivity contribution in [3.63, 3.8) is 0 Å². The van der Waals surface area contributed by atoms with Crippen molar-refractivity contribution in [2.24, 2.45) is 7.05 Å². The van der Waals surface area contributed by atoms with E-state index in [1.165, 1.54) is 24.3 Å². The second-order valence-electron chi connectivity index (χ2n) is 5.48. The third-order valence-electron chi connectivity index (χ3n) is 3.77. The number of amides is 2. The van der Waals surface area contributed by atoms with Gasteiger partial charge in [0.1, 0.15) is 5.75 Å². The Morgan fingerprint density at radius 2 is 1.65 bits per heavy atom. The molecule has 8 heteroatoms. The molecule has 0 aliphatic rings. The van der Waals surface area contributed by atoms with Crippen molar-refractivity contribution in [1.82, 2.24) is 15.4 Å². The van der Waals surface area contributed by atoms with E-state index < -0.39 is 18.4 Å². The zero-order valence-corrected chi connectivity index (χ0v) is 13.7. The van der Waals surface area contributed by atoms with Crippen molar-refractivity contribution in [3.05, 3.63) is 65.9 Å². The smallest absolute Gasteiger partial charge is 0.387 e. The summed E-state index contributed by atoms with van der Waals surface area (Å²) >= 11 is 0. The predicted octanol–water partition coefficient (Wildman–Crippen LogP) is 2.85. The Labute approximate surface area is 147 Å². The molecule has 0 fully saturated rings. The summed E-state index contributed by atoms with van der Waals surface area (Å²) in [4.78, 5) is 24.4. The molecule has 0 saturated heterocycles. The van der Waals surface area contributed by atoms with Crippen LogP contribution in [0.2, 0.25) is 0 Å². The Morgan fingerprint density at radius 3 is 2.35 bits per heavy atom. The molecular weight excluding hydrogens is 344 g/mol. The first kappa shape index (κ1) is 17.4. The minimum atomic E-state index is -2.94. The average Bonchev–Trinajstić information content (AvgIpc) is 2.97. The Balaban J connectivity index is 1.66. The fourth-order valence-corrected chi connectivity index (χ4v) is 2.56. The molecule has 2 amide bonds. The van der Waals surface area contributed by atoms with E-state index in [1.54, 1.807) is 6.20 Å². The third-order valence-corrected chi connectivity index (χ3v) is 3.77. The molecule has 3 rings (SSSR count). The standard InChI is InChI=1S/C18H15F2N3O3/c1-23-10-14(13-4-2-3-5-15(13)23)17(25)22-21-16(24)11-6-8-12(9-7-11)26-18(19)20/h2-10,18H,1H3,(H,21,24)(H,22,25). The Kier molecular flexibility index (Phi) is 4.83.